The van der Waals surface area contributed by atoms with Crippen LogP contribution < -0.4 is 0 Å². The fourth-order valence-electron chi connectivity index (χ4n) is 1.78. The molecular formula is C14H22O2S. The van der Waals surface area contributed by atoms with Gasteiger partial charge < -0.3 is 4.74 Å². The van der Waals surface area contributed by atoms with Gasteiger partial charge in [-0.3, -0.25) is 4.79 Å². The molecule has 1 unspecified atom stereocenters. The van der Waals surface area contributed by atoms with Gasteiger partial charge >= 0.3 is 5.97 Å². The van der Waals surface area contributed by atoms with Crippen LogP contribution in [0.5, 0.6) is 0 Å². The summed E-state index contributed by atoms with van der Waals surface area (Å²) in [5, 5.41) is 0.987. The van der Waals surface area contributed by atoms with Crippen LogP contribution in [0.15, 0.2) is 0 Å². The molecule has 0 aromatic carbocycles. The predicted octanol–water partition coefficient (Wildman–Crippen LogP) is 3.40. The molecule has 0 bridgehead atoms. The highest BCUT2D eigenvalue weighted by molar-refractivity contribution is 8.06. The second kappa shape index (κ2) is 9.41. The first-order valence-electron chi connectivity index (χ1n) is 6.53. The van der Waals surface area contributed by atoms with E-state index in [0.717, 1.165) is 18.1 Å². The lowest BCUT2D eigenvalue weighted by atomic mass is 10.1. The van der Waals surface area contributed by atoms with Crippen molar-refractivity contribution in [3.05, 3.63) is 0 Å². The summed E-state index contributed by atoms with van der Waals surface area (Å²) >= 11 is 2.08. The Labute approximate surface area is 109 Å². The van der Waals surface area contributed by atoms with Crippen molar-refractivity contribution in [2.45, 2.75) is 56.6 Å². The lowest BCUT2D eigenvalue weighted by Gasteiger charge is -2.02. The van der Waals surface area contributed by atoms with E-state index in [0.29, 0.717) is 6.42 Å². The summed E-state index contributed by atoms with van der Waals surface area (Å²) in [6, 6.07) is 0. The number of thioether (sulfide) groups is 1. The molecule has 96 valence electrons. The Kier molecular flexibility index (Phi) is 8.00. The van der Waals surface area contributed by atoms with Crippen LogP contribution in [-0.4, -0.2) is 23.6 Å². The van der Waals surface area contributed by atoms with E-state index in [1.165, 1.54) is 37.9 Å². The van der Waals surface area contributed by atoms with Gasteiger partial charge in [-0.2, -0.15) is 11.8 Å². The minimum Gasteiger partial charge on any atom is -0.452 e. The molecule has 0 spiro atoms. The third-order valence-corrected chi connectivity index (χ3v) is 3.92. The minimum atomic E-state index is -0.159. The average molecular weight is 254 g/mol. The summed E-state index contributed by atoms with van der Waals surface area (Å²) in [6.45, 7) is 0.109. The van der Waals surface area contributed by atoms with Gasteiger partial charge in [-0.1, -0.05) is 38.0 Å². The molecule has 0 aromatic heterocycles. The van der Waals surface area contributed by atoms with E-state index >= 15 is 0 Å². The first kappa shape index (κ1) is 14.4. The van der Waals surface area contributed by atoms with Crippen molar-refractivity contribution < 1.29 is 9.53 Å². The number of ether oxygens (including phenoxy) is 1. The van der Waals surface area contributed by atoms with Gasteiger partial charge in [-0.25, -0.2) is 0 Å². The SMILES string of the molecule is C#CCOC(=O)CCCCCCCCC1CS1. The zero-order valence-corrected chi connectivity index (χ0v) is 11.3. The Balaban J connectivity index is 1.74. The number of hydrogen-bond donors (Lipinski definition) is 0. The standard InChI is InChI=1S/C14H22O2S/c1-2-11-16-14(15)10-8-6-4-3-5-7-9-13-12-17-13/h1,13H,3-12H2. The quantitative estimate of drug-likeness (QED) is 0.259. The van der Waals surface area contributed by atoms with Gasteiger partial charge in [0.25, 0.3) is 0 Å². The van der Waals surface area contributed by atoms with Crippen LogP contribution in [-0.2, 0) is 9.53 Å². The van der Waals surface area contributed by atoms with E-state index in [1.54, 1.807) is 0 Å². The van der Waals surface area contributed by atoms with Gasteiger partial charge in [0.1, 0.15) is 0 Å². The number of esters is 1. The number of carbonyl (C=O) groups excluding carboxylic acids is 1. The van der Waals surface area contributed by atoms with Crippen LogP contribution in [0.25, 0.3) is 0 Å². The molecule has 0 N–H and O–H groups in total. The topological polar surface area (TPSA) is 26.3 Å². The summed E-state index contributed by atoms with van der Waals surface area (Å²) < 4.78 is 4.79. The summed E-state index contributed by atoms with van der Waals surface area (Å²) in [6.07, 6.45) is 14.2. The normalized spacial score (nSPS) is 17.5. The maximum atomic E-state index is 11.1. The third kappa shape index (κ3) is 9.12. The Hall–Kier alpha value is -0.620. The van der Waals surface area contributed by atoms with Crippen LogP contribution in [0.3, 0.4) is 0 Å². The molecule has 2 nitrogen and oxygen atoms in total. The minimum absolute atomic E-state index is 0.109. The number of carbonyl (C=O) groups is 1. The number of unbranched alkanes of at least 4 members (excludes halogenated alkanes) is 5. The zero-order chi connectivity index (χ0) is 12.3. The second-order valence-corrected chi connectivity index (χ2v) is 5.81. The van der Waals surface area contributed by atoms with E-state index in [-0.39, 0.29) is 12.6 Å². The molecule has 0 saturated carbocycles. The van der Waals surface area contributed by atoms with Gasteiger partial charge in [-0.05, 0) is 12.8 Å². The molecule has 1 rings (SSSR count). The fourth-order valence-corrected chi connectivity index (χ4v) is 2.41. The molecule has 1 fully saturated rings. The number of rotatable bonds is 10. The van der Waals surface area contributed by atoms with Crippen LogP contribution in [0.2, 0.25) is 0 Å². The molecule has 3 heteroatoms. The van der Waals surface area contributed by atoms with Crippen molar-refractivity contribution in [3.8, 4) is 12.3 Å². The Morgan fingerprint density at radius 3 is 2.53 bits per heavy atom. The molecule has 1 aliphatic heterocycles. The van der Waals surface area contributed by atoms with Gasteiger partial charge in [0.05, 0.1) is 0 Å². The van der Waals surface area contributed by atoms with E-state index < -0.39 is 0 Å². The summed E-state index contributed by atoms with van der Waals surface area (Å²) in [4.78, 5) is 11.1. The molecule has 1 atom stereocenters. The highest BCUT2D eigenvalue weighted by atomic mass is 32.2. The molecule has 1 saturated heterocycles. The van der Waals surface area contributed by atoms with Crippen molar-refractivity contribution in [3.63, 3.8) is 0 Å². The Morgan fingerprint density at radius 2 is 1.88 bits per heavy atom. The molecule has 17 heavy (non-hydrogen) atoms. The molecular weight excluding hydrogens is 232 g/mol. The summed E-state index contributed by atoms with van der Waals surface area (Å²) in [5.41, 5.74) is 0. The predicted molar refractivity (Wildman–Crippen MR) is 73.0 cm³/mol. The van der Waals surface area contributed by atoms with Crippen molar-refractivity contribution in [2.24, 2.45) is 0 Å². The smallest absolute Gasteiger partial charge is 0.306 e. The van der Waals surface area contributed by atoms with Crippen molar-refractivity contribution >= 4 is 17.7 Å². The lowest BCUT2D eigenvalue weighted by molar-refractivity contribution is -0.142. The second-order valence-electron chi connectivity index (χ2n) is 4.48. The maximum absolute atomic E-state index is 11.1. The number of terminal acetylenes is 1. The highest BCUT2D eigenvalue weighted by Crippen LogP contribution is 2.34. The zero-order valence-electron chi connectivity index (χ0n) is 10.5. The van der Waals surface area contributed by atoms with Gasteiger partial charge in [0, 0.05) is 17.4 Å². The molecule has 1 heterocycles. The van der Waals surface area contributed by atoms with Gasteiger partial charge in [0.15, 0.2) is 6.61 Å². The van der Waals surface area contributed by atoms with Crippen molar-refractivity contribution in [1.29, 1.82) is 0 Å². The van der Waals surface area contributed by atoms with Crippen LogP contribution in [0.1, 0.15) is 51.4 Å². The van der Waals surface area contributed by atoms with Crippen molar-refractivity contribution in [2.75, 3.05) is 12.4 Å². The fraction of sp³-hybridized carbons (Fsp3) is 0.786. The Bertz CT molecular complexity index is 253. The van der Waals surface area contributed by atoms with Gasteiger partial charge in [0.2, 0.25) is 0 Å². The van der Waals surface area contributed by atoms with Crippen molar-refractivity contribution in [1.82, 2.24) is 0 Å². The van der Waals surface area contributed by atoms with Crippen LogP contribution in [0.4, 0.5) is 0 Å². The largest absolute Gasteiger partial charge is 0.452 e. The summed E-state index contributed by atoms with van der Waals surface area (Å²) in [5.74, 6) is 3.52. The molecule has 0 aromatic rings. The van der Waals surface area contributed by atoms with E-state index in [1.807, 2.05) is 0 Å². The number of hydrogen-bond acceptors (Lipinski definition) is 3. The molecule has 1 aliphatic rings. The van der Waals surface area contributed by atoms with E-state index in [2.05, 4.69) is 17.7 Å². The first-order chi connectivity index (χ1) is 8.33. The summed E-state index contributed by atoms with van der Waals surface area (Å²) in [7, 11) is 0. The first-order valence-corrected chi connectivity index (χ1v) is 7.58. The molecule has 0 radical (unpaired) electrons. The monoisotopic (exact) mass is 254 g/mol. The van der Waals surface area contributed by atoms with E-state index in [9.17, 15) is 4.79 Å². The van der Waals surface area contributed by atoms with E-state index in [4.69, 9.17) is 11.2 Å². The Morgan fingerprint density at radius 1 is 1.24 bits per heavy atom. The maximum Gasteiger partial charge on any atom is 0.306 e. The van der Waals surface area contributed by atoms with Gasteiger partial charge in [-0.15, -0.1) is 6.42 Å². The molecule has 0 aliphatic carbocycles. The van der Waals surface area contributed by atoms with Crippen LogP contribution in [0, 0.1) is 12.3 Å². The molecule has 0 amide bonds. The average Bonchev–Trinajstić information content (AvgIpc) is 3.14. The third-order valence-electron chi connectivity index (χ3n) is 2.88. The lowest BCUT2D eigenvalue weighted by Crippen LogP contribution is -2.03. The highest BCUT2D eigenvalue weighted by Gasteiger charge is 2.20. The van der Waals surface area contributed by atoms with Crippen LogP contribution >= 0.6 is 11.8 Å².